The van der Waals surface area contributed by atoms with Crippen molar-refractivity contribution in [3.63, 3.8) is 0 Å². The standard InChI is InChI=1S/C62H107NO18/c1-3-5-7-9-11-12-13-14-15-16-17-18-19-20-21-22-23-24-25-26-27-28-29-30-31-32-34-36-38-40-50(68)63-45(46(67)39-37-35-33-10-8-6-4-2)44-76-60-56(74)53(71)58(48(42-65)78-60)81-62-57(75)54(72)59(49(43-66)79-62)80-61-55(73)52(70)51(69)47(41-64)77-61/h5,7,11-12,14-15,17-18,20-21,23-24,45-49,51-62,64-67,69-75H,3-4,6,8-10,13,16,19,22,25-44H2,1-2H3,(H,63,68)/b7-5-,12-11-,15-14-,18-17-,21-20-,24-23-. The van der Waals surface area contributed by atoms with Gasteiger partial charge < -0.3 is 89.9 Å². The first-order chi connectivity index (χ1) is 39.3. The molecule has 0 aromatic heterocycles. The maximum Gasteiger partial charge on any atom is 0.220 e. The monoisotopic (exact) mass is 1150 g/mol. The van der Waals surface area contributed by atoms with E-state index in [1.807, 2.05) is 0 Å². The largest absolute Gasteiger partial charge is 0.394 e. The van der Waals surface area contributed by atoms with Crippen molar-refractivity contribution < 1.29 is 89.4 Å². The molecule has 81 heavy (non-hydrogen) atoms. The summed E-state index contributed by atoms with van der Waals surface area (Å²) in [6.45, 7) is 1.59. The van der Waals surface area contributed by atoms with Gasteiger partial charge in [-0.2, -0.15) is 0 Å². The summed E-state index contributed by atoms with van der Waals surface area (Å²) in [6, 6.07) is -0.890. The van der Waals surface area contributed by atoms with Gasteiger partial charge in [0.05, 0.1) is 38.6 Å². The molecular formula is C62H107NO18. The average molecular weight is 1150 g/mol. The van der Waals surface area contributed by atoms with E-state index in [0.717, 1.165) is 109 Å². The number of hydrogen-bond donors (Lipinski definition) is 12. The Morgan fingerprint density at radius 1 is 0.457 bits per heavy atom. The lowest BCUT2D eigenvalue weighted by atomic mass is 9.96. The van der Waals surface area contributed by atoms with Crippen LogP contribution in [0.4, 0.5) is 0 Å². The van der Waals surface area contributed by atoms with E-state index in [2.05, 4.69) is 92.1 Å². The summed E-state index contributed by atoms with van der Waals surface area (Å²) < 4.78 is 34.2. The molecule has 0 saturated carbocycles. The van der Waals surface area contributed by atoms with E-state index < -0.39 is 124 Å². The van der Waals surface area contributed by atoms with Gasteiger partial charge in [0.1, 0.15) is 73.2 Å². The summed E-state index contributed by atoms with van der Waals surface area (Å²) in [5, 5.41) is 120. The highest BCUT2D eigenvalue weighted by atomic mass is 16.8. The molecule has 468 valence electrons. The van der Waals surface area contributed by atoms with Crippen LogP contribution in [0.15, 0.2) is 72.9 Å². The van der Waals surface area contributed by atoms with E-state index in [1.54, 1.807) is 0 Å². The maximum atomic E-state index is 13.3. The van der Waals surface area contributed by atoms with Gasteiger partial charge in [-0.3, -0.25) is 4.79 Å². The number of allylic oxidation sites excluding steroid dienone is 12. The van der Waals surface area contributed by atoms with Crippen molar-refractivity contribution in [2.75, 3.05) is 26.4 Å². The lowest BCUT2D eigenvalue weighted by Crippen LogP contribution is -2.66. The van der Waals surface area contributed by atoms with E-state index in [1.165, 1.54) is 38.5 Å². The van der Waals surface area contributed by atoms with Gasteiger partial charge in [-0.1, -0.05) is 183 Å². The Morgan fingerprint density at radius 2 is 0.852 bits per heavy atom. The van der Waals surface area contributed by atoms with Crippen molar-refractivity contribution in [2.45, 2.75) is 285 Å². The second-order valence-electron chi connectivity index (χ2n) is 21.8. The Balaban J connectivity index is 1.37. The normalized spacial score (nSPS) is 30.3. The van der Waals surface area contributed by atoms with Crippen LogP contribution in [0.5, 0.6) is 0 Å². The molecule has 0 spiro atoms. The van der Waals surface area contributed by atoms with Crippen LogP contribution in [0.25, 0.3) is 0 Å². The number of carbonyl (C=O) groups excluding carboxylic acids is 1. The van der Waals surface area contributed by atoms with Gasteiger partial charge in [0.25, 0.3) is 0 Å². The molecule has 12 N–H and O–H groups in total. The first-order valence-electron chi connectivity index (χ1n) is 30.7. The molecule has 1 amide bonds. The van der Waals surface area contributed by atoms with Gasteiger partial charge >= 0.3 is 0 Å². The Morgan fingerprint density at radius 3 is 1.33 bits per heavy atom. The fraction of sp³-hybridized carbons (Fsp3) is 0.790. The van der Waals surface area contributed by atoms with Gasteiger partial charge in [0, 0.05) is 6.42 Å². The van der Waals surface area contributed by atoms with Gasteiger partial charge in [-0.25, -0.2) is 0 Å². The molecule has 0 bridgehead atoms. The third-order valence-corrected chi connectivity index (χ3v) is 15.0. The number of hydrogen-bond acceptors (Lipinski definition) is 18. The summed E-state index contributed by atoms with van der Waals surface area (Å²) in [5.74, 6) is -0.256. The molecule has 3 heterocycles. The van der Waals surface area contributed by atoms with Crippen LogP contribution in [0.2, 0.25) is 0 Å². The van der Waals surface area contributed by atoms with E-state index in [0.29, 0.717) is 12.8 Å². The average Bonchev–Trinajstić information content (AvgIpc) is 3.48. The Hall–Kier alpha value is -2.77. The molecule has 3 fully saturated rings. The summed E-state index contributed by atoms with van der Waals surface area (Å²) in [5.41, 5.74) is 0. The predicted molar refractivity (Wildman–Crippen MR) is 309 cm³/mol. The third-order valence-electron chi connectivity index (χ3n) is 15.0. The predicted octanol–water partition coefficient (Wildman–Crippen LogP) is 5.82. The molecule has 0 aliphatic carbocycles. The van der Waals surface area contributed by atoms with Crippen LogP contribution in [0.3, 0.4) is 0 Å². The molecule has 3 saturated heterocycles. The molecular weight excluding hydrogens is 1050 g/mol. The third kappa shape index (κ3) is 28.3. The molecule has 19 nitrogen and oxygen atoms in total. The number of amides is 1. The molecule has 3 aliphatic heterocycles. The second-order valence-corrected chi connectivity index (χ2v) is 21.8. The van der Waals surface area contributed by atoms with Crippen molar-refractivity contribution >= 4 is 5.91 Å². The Kier molecular flexibility index (Phi) is 40.0. The number of nitrogens with one attached hydrogen (secondary N) is 1. The molecule has 17 unspecified atom stereocenters. The van der Waals surface area contributed by atoms with Crippen molar-refractivity contribution in [1.82, 2.24) is 5.32 Å². The number of aliphatic hydroxyl groups is 11. The van der Waals surface area contributed by atoms with E-state index in [-0.39, 0.29) is 18.9 Å². The quantitative estimate of drug-likeness (QED) is 0.0253. The molecule has 19 heteroatoms. The minimum atomic E-state index is -1.97. The number of unbranched alkanes of at least 4 members (excludes halogenated alkanes) is 16. The zero-order valence-corrected chi connectivity index (χ0v) is 48.7. The first-order valence-corrected chi connectivity index (χ1v) is 30.7. The van der Waals surface area contributed by atoms with Gasteiger partial charge in [0.15, 0.2) is 18.9 Å². The SMILES string of the molecule is CC/C=C\C/C=C\C/C=C\C/C=C\C/C=C\C/C=C\CCCCCCCCCCCCC(=O)NC(COC1OC(CO)C(OC2OC(CO)C(OC3OC(CO)C(O)C(O)C3O)C(O)C2O)C(O)C1O)C(O)CCCCCCCCC. The molecule has 0 aromatic rings. The fourth-order valence-corrected chi connectivity index (χ4v) is 10.0. The fourth-order valence-electron chi connectivity index (χ4n) is 10.0. The summed E-state index contributed by atoms with van der Waals surface area (Å²) >= 11 is 0. The number of ether oxygens (including phenoxy) is 6. The van der Waals surface area contributed by atoms with Crippen molar-refractivity contribution in [3.05, 3.63) is 72.9 Å². The molecule has 3 aliphatic rings. The second kappa shape index (κ2) is 44.7. The highest BCUT2D eigenvalue weighted by Gasteiger charge is 2.53. The molecule has 0 aromatic carbocycles. The van der Waals surface area contributed by atoms with Gasteiger partial charge in [0.2, 0.25) is 5.91 Å². The summed E-state index contributed by atoms with van der Waals surface area (Å²) in [6.07, 6.45) is 26.1. The van der Waals surface area contributed by atoms with Crippen molar-refractivity contribution in [1.29, 1.82) is 0 Å². The number of rotatable bonds is 44. The lowest BCUT2D eigenvalue weighted by molar-refractivity contribution is -0.379. The van der Waals surface area contributed by atoms with Crippen LogP contribution in [0.1, 0.15) is 181 Å². The maximum absolute atomic E-state index is 13.3. The smallest absolute Gasteiger partial charge is 0.220 e. The van der Waals surface area contributed by atoms with Gasteiger partial charge in [-0.15, -0.1) is 0 Å². The topological polar surface area (TPSA) is 307 Å². The van der Waals surface area contributed by atoms with Crippen LogP contribution in [0, 0.1) is 0 Å². The highest BCUT2D eigenvalue weighted by molar-refractivity contribution is 5.76. The molecule has 0 radical (unpaired) electrons. The lowest BCUT2D eigenvalue weighted by Gasteiger charge is -2.48. The summed E-state index contributed by atoms with van der Waals surface area (Å²) in [4.78, 5) is 13.3. The molecule has 3 rings (SSSR count). The molecule has 17 atom stereocenters. The number of carbonyl (C=O) groups is 1. The zero-order chi connectivity index (χ0) is 59.0. The minimum absolute atomic E-state index is 0.256. The van der Waals surface area contributed by atoms with E-state index >= 15 is 0 Å². The first kappa shape index (κ1) is 72.5. The zero-order valence-electron chi connectivity index (χ0n) is 48.7. The van der Waals surface area contributed by atoms with Crippen LogP contribution >= 0.6 is 0 Å². The van der Waals surface area contributed by atoms with Crippen LogP contribution in [-0.2, 0) is 33.2 Å². The van der Waals surface area contributed by atoms with Crippen molar-refractivity contribution in [2.24, 2.45) is 0 Å². The number of aliphatic hydroxyl groups excluding tert-OH is 11. The summed E-state index contributed by atoms with van der Waals surface area (Å²) in [7, 11) is 0. The van der Waals surface area contributed by atoms with E-state index in [9.17, 15) is 61.0 Å². The Labute approximate surface area is 483 Å². The highest BCUT2D eigenvalue weighted by Crippen LogP contribution is 2.33. The Bertz CT molecular complexity index is 1760. The van der Waals surface area contributed by atoms with Gasteiger partial charge in [-0.05, 0) is 64.2 Å². The van der Waals surface area contributed by atoms with Crippen LogP contribution in [-0.4, -0.2) is 193 Å². The minimum Gasteiger partial charge on any atom is -0.394 e. The van der Waals surface area contributed by atoms with Crippen molar-refractivity contribution in [3.8, 4) is 0 Å². The van der Waals surface area contributed by atoms with E-state index in [4.69, 9.17) is 28.4 Å². The van der Waals surface area contributed by atoms with Crippen LogP contribution < -0.4 is 5.32 Å².